The molecule has 2 aromatic rings. The van der Waals surface area contributed by atoms with E-state index < -0.39 is 0 Å². The normalized spacial score (nSPS) is 10.4. The maximum absolute atomic E-state index is 6.10. The molecule has 0 amide bonds. The molecule has 2 aromatic carbocycles. The highest BCUT2D eigenvalue weighted by atomic mass is 35.5. The van der Waals surface area contributed by atoms with Gasteiger partial charge in [-0.3, -0.25) is 0 Å². The molecule has 2 rings (SSSR count). The summed E-state index contributed by atoms with van der Waals surface area (Å²) in [6.07, 6.45) is 0. The largest absolute Gasteiger partial charge is 0.326 e. The molecule has 0 saturated heterocycles. The zero-order valence-corrected chi connectivity index (χ0v) is 10.3. The predicted octanol–water partition coefficient (Wildman–Crippen LogP) is 3.95. The van der Waals surface area contributed by atoms with Crippen molar-refractivity contribution >= 4 is 23.4 Å². The monoisotopic (exact) mass is 249 g/mol. The number of benzene rings is 2. The fraction of sp³-hybridized carbons (Fsp3) is 0.0769. The second kappa shape index (κ2) is 5.39. The van der Waals surface area contributed by atoms with Crippen LogP contribution < -0.4 is 5.73 Å². The molecule has 0 unspecified atom stereocenters. The van der Waals surface area contributed by atoms with Crippen LogP contribution >= 0.6 is 23.4 Å². The number of hydrogen-bond acceptors (Lipinski definition) is 2. The molecule has 16 heavy (non-hydrogen) atoms. The average Bonchev–Trinajstić information content (AvgIpc) is 2.31. The van der Waals surface area contributed by atoms with Crippen molar-refractivity contribution in [1.29, 1.82) is 0 Å². The molecule has 82 valence electrons. The average molecular weight is 250 g/mol. The molecular weight excluding hydrogens is 238 g/mol. The summed E-state index contributed by atoms with van der Waals surface area (Å²) >= 11 is 7.80. The van der Waals surface area contributed by atoms with Crippen molar-refractivity contribution in [2.24, 2.45) is 5.73 Å². The SMILES string of the molecule is NCc1ccc(Sc2ccccc2)cc1Cl. The molecule has 2 N–H and O–H groups in total. The Bertz CT molecular complexity index is 471. The highest BCUT2D eigenvalue weighted by Crippen LogP contribution is 2.30. The van der Waals surface area contributed by atoms with Gasteiger partial charge in [0.05, 0.1) is 0 Å². The number of hydrogen-bond donors (Lipinski definition) is 1. The lowest BCUT2D eigenvalue weighted by Gasteiger charge is -2.05. The van der Waals surface area contributed by atoms with E-state index in [4.69, 9.17) is 17.3 Å². The minimum Gasteiger partial charge on any atom is -0.326 e. The van der Waals surface area contributed by atoms with Crippen LogP contribution in [0.4, 0.5) is 0 Å². The van der Waals surface area contributed by atoms with Crippen LogP contribution in [0, 0.1) is 0 Å². The van der Waals surface area contributed by atoms with Gasteiger partial charge in [-0.05, 0) is 29.8 Å². The Morgan fingerprint density at radius 2 is 1.75 bits per heavy atom. The lowest BCUT2D eigenvalue weighted by Crippen LogP contribution is -1.96. The van der Waals surface area contributed by atoms with Crippen molar-refractivity contribution in [1.82, 2.24) is 0 Å². The van der Waals surface area contributed by atoms with E-state index in [1.807, 2.05) is 36.4 Å². The summed E-state index contributed by atoms with van der Waals surface area (Å²) in [4.78, 5) is 2.34. The van der Waals surface area contributed by atoms with E-state index in [-0.39, 0.29) is 0 Å². The number of nitrogens with two attached hydrogens (primary N) is 1. The third kappa shape index (κ3) is 2.79. The quantitative estimate of drug-likeness (QED) is 0.892. The molecule has 3 heteroatoms. The molecule has 1 nitrogen and oxygen atoms in total. The minimum atomic E-state index is 0.481. The van der Waals surface area contributed by atoms with Crippen LogP contribution in [0.3, 0.4) is 0 Å². The van der Waals surface area contributed by atoms with E-state index >= 15 is 0 Å². The lowest BCUT2D eigenvalue weighted by atomic mass is 10.2. The maximum Gasteiger partial charge on any atom is 0.0462 e. The first-order valence-electron chi connectivity index (χ1n) is 5.01. The summed E-state index contributed by atoms with van der Waals surface area (Å²) in [6.45, 7) is 0.481. The fourth-order valence-electron chi connectivity index (χ4n) is 1.38. The standard InChI is InChI=1S/C13H12ClNS/c14-13-8-12(7-6-10(13)9-15)16-11-4-2-1-3-5-11/h1-8H,9,15H2. The lowest BCUT2D eigenvalue weighted by molar-refractivity contribution is 1.07. The van der Waals surface area contributed by atoms with Gasteiger partial charge >= 0.3 is 0 Å². The molecule has 0 aliphatic rings. The molecular formula is C13H12ClNS. The summed E-state index contributed by atoms with van der Waals surface area (Å²) in [6, 6.07) is 16.2. The van der Waals surface area contributed by atoms with Crippen molar-refractivity contribution in [2.45, 2.75) is 16.3 Å². The van der Waals surface area contributed by atoms with Crippen molar-refractivity contribution < 1.29 is 0 Å². The summed E-state index contributed by atoms with van der Waals surface area (Å²) in [5.74, 6) is 0. The fourth-order valence-corrected chi connectivity index (χ4v) is 2.58. The van der Waals surface area contributed by atoms with Crippen molar-refractivity contribution in [3.63, 3.8) is 0 Å². The van der Waals surface area contributed by atoms with E-state index in [0.717, 1.165) is 15.5 Å². The summed E-state index contributed by atoms with van der Waals surface area (Å²) in [7, 11) is 0. The molecule has 0 heterocycles. The summed E-state index contributed by atoms with van der Waals surface area (Å²) < 4.78 is 0. The maximum atomic E-state index is 6.10. The number of halogens is 1. The molecule has 0 aromatic heterocycles. The Morgan fingerprint density at radius 1 is 1.00 bits per heavy atom. The van der Waals surface area contributed by atoms with Crippen LogP contribution in [-0.2, 0) is 6.54 Å². The molecule has 0 aliphatic carbocycles. The van der Waals surface area contributed by atoms with E-state index in [1.165, 1.54) is 4.90 Å². The van der Waals surface area contributed by atoms with Gasteiger partial charge in [0.15, 0.2) is 0 Å². The van der Waals surface area contributed by atoms with Gasteiger partial charge in [-0.2, -0.15) is 0 Å². The van der Waals surface area contributed by atoms with Crippen LogP contribution in [-0.4, -0.2) is 0 Å². The highest BCUT2D eigenvalue weighted by Gasteiger charge is 2.01. The Morgan fingerprint density at radius 3 is 2.38 bits per heavy atom. The molecule has 0 atom stereocenters. The van der Waals surface area contributed by atoms with Crippen LogP contribution in [0.2, 0.25) is 5.02 Å². The van der Waals surface area contributed by atoms with Gasteiger partial charge < -0.3 is 5.73 Å². The molecule has 0 aliphatic heterocycles. The Balaban J connectivity index is 2.20. The third-order valence-corrected chi connectivity index (χ3v) is 3.57. The Hall–Kier alpha value is -0.960. The van der Waals surface area contributed by atoms with Gasteiger partial charge in [-0.15, -0.1) is 0 Å². The van der Waals surface area contributed by atoms with Crippen molar-refractivity contribution in [3.05, 3.63) is 59.1 Å². The molecule has 0 fully saturated rings. The van der Waals surface area contributed by atoms with Crippen LogP contribution in [0.25, 0.3) is 0 Å². The minimum absolute atomic E-state index is 0.481. The first-order valence-corrected chi connectivity index (χ1v) is 6.20. The highest BCUT2D eigenvalue weighted by molar-refractivity contribution is 7.99. The van der Waals surface area contributed by atoms with Gasteiger partial charge in [0.1, 0.15) is 0 Å². The zero-order chi connectivity index (χ0) is 11.4. The smallest absolute Gasteiger partial charge is 0.0462 e. The first-order chi connectivity index (χ1) is 7.79. The molecule has 0 bridgehead atoms. The Kier molecular flexibility index (Phi) is 3.88. The predicted molar refractivity (Wildman–Crippen MR) is 69.9 cm³/mol. The van der Waals surface area contributed by atoms with E-state index in [2.05, 4.69) is 12.1 Å². The van der Waals surface area contributed by atoms with Crippen molar-refractivity contribution in [2.75, 3.05) is 0 Å². The van der Waals surface area contributed by atoms with E-state index in [9.17, 15) is 0 Å². The van der Waals surface area contributed by atoms with Crippen LogP contribution in [0.1, 0.15) is 5.56 Å². The first kappa shape index (κ1) is 11.5. The van der Waals surface area contributed by atoms with Gasteiger partial charge in [0.2, 0.25) is 0 Å². The van der Waals surface area contributed by atoms with Crippen LogP contribution in [0.5, 0.6) is 0 Å². The van der Waals surface area contributed by atoms with Gasteiger partial charge in [0, 0.05) is 21.4 Å². The van der Waals surface area contributed by atoms with E-state index in [0.29, 0.717) is 6.54 Å². The molecule has 0 saturated carbocycles. The van der Waals surface area contributed by atoms with Gasteiger partial charge in [0.25, 0.3) is 0 Å². The summed E-state index contributed by atoms with van der Waals surface area (Å²) in [5.41, 5.74) is 6.55. The zero-order valence-electron chi connectivity index (χ0n) is 8.69. The Labute approximate surface area is 105 Å². The number of rotatable bonds is 3. The molecule has 0 radical (unpaired) electrons. The van der Waals surface area contributed by atoms with Crippen molar-refractivity contribution in [3.8, 4) is 0 Å². The topological polar surface area (TPSA) is 26.0 Å². The summed E-state index contributed by atoms with van der Waals surface area (Å²) in [5, 5.41) is 0.739. The third-order valence-electron chi connectivity index (χ3n) is 2.22. The van der Waals surface area contributed by atoms with Gasteiger partial charge in [-0.1, -0.05) is 47.6 Å². The molecule has 0 spiro atoms. The van der Waals surface area contributed by atoms with Crippen LogP contribution in [0.15, 0.2) is 58.3 Å². The second-order valence-corrected chi connectivity index (χ2v) is 4.93. The van der Waals surface area contributed by atoms with Gasteiger partial charge in [-0.25, -0.2) is 0 Å². The second-order valence-electron chi connectivity index (χ2n) is 3.37. The van der Waals surface area contributed by atoms with E-state index in [1.54, 1.807) is 11.8 Å².